The summed E-state index contributed by atoms with van der Waals surface area (Å²) in [5, 5.41) is 2.59. The third-order valence-electron chi connectivity index (χ3n) is 2.84. The maximum Gasteiger partial charge on any atom is 0.406 e. The van der Waals surface area contributed by atoms with Gasteiger partial charge < -0.3 is 9.88 Å². The van der Waals surface area contributed by atoms with E-state index in [9.17, 15) is 18.0 Å². The van der Waals surface area contributed by atoms with Gasteiger partial charge in [0.05, 0.1) is 17.6 Å². The Morgan fingerprint density at radius 3 is 2.59 bits per heavy atom. The first-order chi connectivity index (χ1) is 10.4. The van der Waals surface area contributed by atoms with Crippen molar-refractivity contribution in [3.8, 4) is 11.3 Å². The van der Waals surface area contributed by atoms with Gasteiger partial charge in [-0.25, -0.2) is 4.98 Å². The maximum absolute atomic E-state index is 12.8. The Bertz CT molecular complexity index is 641. The van der Waals surface area contributed by atoms with Crippen molar-refractivity contribution in [3.63, 3.8) is 0 Å². The van der Waals surface area contributed by atoms with E-state index in [4.69, 9.17) is 0 Å². The highest BCUT2D eigenvalue weighted by molar-refractivity contribution is 7.99. The number of nitrogens with zero attached hydrogens (tertiary/aromatic N) is 2. The lowest BCUT2D eigenvalue weighted by molar-refractivity contribution is -0.141. The molecular weight excluding hydrogens is 315 g/mol. The minimum Gasteiger partial charge on any atom is -0.358 e. The van der Waals surface area contributed by atoms with Gasteiger partial charge >= 0.3 is 6.18 Å². The molecule has 1 aromatic carbocycles. The summed E-state index contributed by atoms with van der Waals surface area (Å²) in [7, 11) is 1.47. The molecule has 22 heavy (non-hydrogen) atoms. The number of carbonyl (C=O) groups is 1. The second kappa shape index (κ2) is 6.87. The number of alkyl halides is 3. The van der Waals surface area contributed by atoms with Crippen LogP contribution >= 0.6 is 11.8 Å². The first-order valence-corrected chi connectivity index (χ1v) is 7.40. The number of nitrogens with one attached hydrogen (secondary N) is 1. The molecule has 1 N–H and O–H groups in total. The molecule has 0 saturated heterocycles. The van der Waals surface area contributed by atoms with E-state index in [1.165, 1.54) is 13.2 Å². The Hall–Kier alpha value is -1.96. The molecule has 1 heterocycles. The van der Waals surface area contributed by atoms with Crippen LogP contribution in [0.25, 0.3) is 11.3 Å². The van der Waals surface area contributed by atoms with Crippen LogP contribution in [0.3, 0.4) is 0 Å². The van der Waals surface area contributed by atoms with Gasteiger partial charge in [-0.3, -0.25) is 4.79 Å². The van der Waals surface area contributed by atoms with E-state index < -0.39 is 12.7 Å². The summed E-state index contributed by atoms with van der Waals surface area (Å²) >= 11 is 0.976. The van der Waals surface area contributed by atoms with Crippen LogP contribution in [-0.2, 0) is 11.3 Å². The molecule has 4 nitrogen and oxygen atoms in total. The van der Waals surface area contributed by atoms with E-state index >= 15 is 0 Å². The summed E-state index contributed by atoms with van der Waals surface area (Å²) in [4.78, 5) is 15.3. The van der Waals surface area contributed by atoms with Gasteiger partial charge in [-0.05, 0) is 5.56 Å². The fourth-order valence-electron chi connectivity index (χ4n) is 1.85. The fraction of sp³-hybridized carbons (Fsp3) is 0.286. The van der Waals surface area contributed by atoms with E-state index in [1.807, 2.05) is 0 Å². The molecular formula is C14H14F3N3OS. The Labute approximate surface area is 129 Å². The van der Waals surface area contributed by atoms with E-state index in [1.54, 1.807) is 30.3 Å². The van der Waals surface area contributed by atoms with Crippen molar-refractivity contribution in [2.45, 2.75) is 17.9 Å². The summed E-state index contributed by atoms with van der Waals surface area (Å²) in [6.45, 7) is -1.15. The van der Waals surface area contributed by atoms with E-state index in [-0.39, 0.29) is 16.8 Å². The van der Waals surface area contributed by atoms with Crippen molar-refractivity contribution < 1.29 is 18.0 Å². The highest BCUT2D eigenvalue weighted by Crippen LogP contribution is 2.29. The molecule has 118 valence electrons. The van der Waals surface area contributed by atoms with Crippen molar-refractivity contribution >= 4 is 17.7 Å². The zero-order valence-corrected chi connectivity index (χ0v) is 12.5. The summed E-state index contributed by atoms with van der Waals surface area (Å²) in [6, 6.07) is 8.72. The molecule has 2 aromatic rings. The molecule has 0 bridgehead atoms. The van der Waals surface area contributed by atoms with Crippen molar-refractivity contribution in [1.29, 1.82) is 0 Å². The molecule has 0 aliphatic carbocycles. The molecule has 0 radical (unpaired) electrons. The molecule has 0 spiro atoms. The number of carbonyl (C=O) groups excluding carboxylic acids is 1. The van der Waals surface area contributed by atoms with Crippen molar-refractivity contribution in [1.82, 2.24) is 14.9 Å². The highest BCUT2D eigenvalue weighted by Gasteiger charge is 2.30. The molecule has 0 fully saturated rings. The van der Waals surface area contributed by atoms with E-state index in [0.717, 1.165) is 16.3 Å². The number of imidazole rings is 1. The maximum atomic E-state index is 12.8. The molecule has 0 saturated carbocycles. The summed E-state index contributed by atoms with van der Waals surface area (Å²) in [5.74, 6) is -0.257. The molecule has 8 heteroatoms. The van der Waals surface area contributed by atoms with Crippen LogP contribution in [0.2, 0.25) is 0 Å². The number of hydrogen-bond donors (Lipinski definition) is 1. The minimum absolute atomic E-state index is 0.0135. The van der Waals surface area contributed by atoms with Crippen LogP contribution in [0.4, 0.5) is 13.2 Å². The molecule has 2 rings (SSSR count). The van der Waals surface area contributed by atoms with E-state index in [2.05, 4.69) is 10.3 Å². The molecule has 0 aliphatic rings. The van der Waals surface area contributed by atoms with Gasteiger partial charge in [-0.2, -0.15) is 13.2 Å². The third-order valence-corrected chi connectivity index (χ3v) is 3.83. The Morgan fingerprint density at radius 2 is 2.00 bits per heavy atom. The normalized spacial score (nSPS) is 11.5. The van der Waals surface area contributed by atoms with Crippen LogP contribution in [0, 0.1) is 0 Å². The Balaban J connectivity index is 2.34. The second-order valence-corrected chi connectivity index (χ2v) is 5.40. The summed E-state index contributed by atoms with van der Waals surface area (Å²) in [6.07, 6.45) is -2.97. The number of hydrogen-bond acceptors (Lipinski definition) is 3. The van der Waals surface area contributed by atoms with Gasteiger partial charge in [-0.1, -0.05) is 42.1 Å². The molecule has 0 atom stereocenters. The zero-order valence-electron chi connectivity index (χ0n) is 11.7. The largest absolute Gasteiger partial charge is 0.406 e. The average molecular weight is 329 g/mol. The summed E-state index contributed by atoms with van der Waals surface area (Å²) < 4.78 is 39.6. The number of thioether (sulfide) groups is 1. The number of rotatable bonds is 5. The lowest BCUT2D eigenvalue weighted by Crippen LogP contribution is -2.21. The molecule has 1 amide bonds. The number of amides is 1. The Kier molecular flexibility index (Phi) is 5.12. The first-order valence-electron chi connectivity index (χ1n) is 6.42. The Morgan fingerprint density at radius 1 is 1.32 bits per heavy atom. The van der Waals surface area contributed by atoms with Crippen molar-refractivity contribution in [2.75, 3.05) is 12.8 Å². The molecule has 0 unspecified atom stereocenters. The van der Waals surface area contributed by atoms with Gasteiger partial charge in [0, 0.05) is 7.05 Å². The topological polar surface area (TPSA) is 46.9 Å². The van der Waals surface area contributed by atoms with Crippen molar-refractivity contribution in [3.05, 3.63) is 36.5 Å². The predicted molar refractivity (Wildman–Crippen MR) is 78.5 cm³/mol. The lowest BCUT2D eigenvalue weighted by atomic mass is 10.2. The zero-order chi connectivity index (χ0) is 16.2. The fourth-order valence-corrected chi connectivity index (χ4v) is 2.70. The molecule has 1 aromatic heterocycles. The van der Waals surface area contributed by atoms with Gasteiger partial charge in [-0.15, -0.1) is 0 Å². The van der Waals surface area contributed by atoms with Crippen LogP contribution in [0.15, 0.2) is 41.7 Å². The third kappa shape index (κ3) is 4.27. The monoisotopic (exact) mass is 329 g/mol. The van der Waals surface area contributed by atoms with Gasteiger partial charge in [0.15, 0.2) is 5.16 Å². The van der Waals surface area contributed by atoms with Crippen LogP contribution in [-0.4, -0.2) is 34.4 Å². The van der Waals surface area contributed by atoms with Gasteiger partial charge in [0.25, 0.3) is 0 Å². The quantitative estimate of drug-likeness (QED) is 0.858. The number of benzene rings is 1. The van der Waals surface area contributed by atoms with Crippen LogP contribution in [0.5, 0.6) is 0 Å². The van der Waals surface area contributed by atoms with Gasteiger partial charge in [0.2, 0.25) is 5.91 Å². The first kappa shape index (κ1) is 16.4. The van der Waals surface area contributed by atoms with Crippen LogP contribution < -0.4 is 5.32 Å². The highest BCUT2D eigenvalue weighted by atomic mass is 32.2. The number of aromatic nitrogens is 2. The van der Waals surface area contributed by atoms with Crippen LogP contribution in [0.1, 0.15) is 0 Å². The van der Waals surface area contributed by atoms with E-state index in [0.29, 0.717) is 11.3 Å². The minimum atomic E-state index is -4.37. The smallest absolute Gasteiger partial charge is 0.358 e. The average Bonchev–Trinajstić information content (AvgIpc) is 2.86. The van der Waals surface area contributed by atoms with Gasteiger partial charge in [0.1, 0.15) is 6.54 Å². The van der Waals surface area contributed by atoms with Crippen molar-refractivity contribution in [2.24, 2.45) is 0 Å². The molecule has 0 aliphatic heterocycles. The predicted octanol–water partition coefficient (Wildman–Crippen LogP) is 2.95. The second-order valence-electron chi connectivity index (χ2n) is 4.46. The standard InChI is InChI=1S/C14H14F3N3OS/c1-18-12(21)8-22-13-19-7-11(10-5-3-2-4-6-10)20(13)9-14(15,16)17/h2-7H,8-9H2,1H3,(H,18,21). The lowest BCUT2D eigenvalue weighted by Gasteiger charge is -2.14. The number of halogens is 3. The SMILES string of the molecule is CNC(=O)CSc1ncc(-c2ccccc2)n1CC(F)(F)F. The summed E-state index contributed by atoms with van der Waals surface area (Å²) in [5.41, 5.74) is 1.02.